The van der Waals surface area contributed by atoms with E-state index in [0.29, 0.717) is 37.2 Å². The smallest absolute Gasteiger partial charge is 0.359 e. The molecule has 0 saturated carbocycles. The van der Waals surface area contributed by atoms with E-state index in [4.69, 9.17) is 9.47 Å². The maximum atomic E-state index is 14.6. The number of carbonyl (C=O) groups excluding carboxylic acids is 3. The molecule has 2 amide bonds. The number of amides is 2. The zero-order valence-electron chi connectivity index (χ0n) is 20.9. The number of fused-ring (bicyclic) bond motifs is 1. The van der Waals surface area contributed by atoms with E-state index in [-0.39, 0.29) is 41.2 Å². The van der Waals surface area contributed by atoms with E-state index in [1.165, 1.54) is 23.9 Å². The summed E-state index contributed by atoms with van der Waals surface area (Å²) in [6, 6.07) is 9.80. The van der Waals surface area contributed by atoms with Crippen molar-refractivity contribution in [3.8, 4) is 11.4 Å². The first-order chi connectivity index (χ1) is 17.8. The standard InChI is InChI=1S/C27H27FN4O5/c1-4-37-27(35)24-19-11-13-31(21-9-7-17(14-16(21)2)30-12-5-6-23(30)33)26(34)25(19)32(29-24)18-8-10-22(36-3)20(28)15-18/h7-10,14-15H,4-6,11-13H2,1-3H3. The predicted molar refractivity (Wildman–Crippen MR) is 134 cm³/mol. The van der Waals surface area contributed by atoms with Gasteiger partial charge in [-0.05, 0) is 62.6 Å². The first-order valence-electron chi connectivity index (χ1n) is 12.2. The third-order valence-corrected chi connectivity index (χ3v) is 6.72. The molecule has 0 spiro atoms. The van der Waals surface area contributed by atoms with E-state index in [0.717, 1.165) is 17.7 Å². The molecule has 2 aromatic carbocycles. The van der Waals surface area contributed by atoms with E-state index < -0.39 is 11.8 Å². The molecule has 2 aliphatic rings. The maximum absolute atomic E-state index is 14.6. The number of hydrogen-bond donors (Lipinski definition) is 0. The Labute approximate surface area is 213 Å². The molecule has 10 heteroatoms. The first-order valence-corrected chi connectivity index (χ1v) is 12.2. The number of anilines is 2. The lowest BCUT2D eigenvalue weighted by molar-refractivity contribution is -0.117. The minimum atomic E-state index is -0.636. The van der Waals surface area contributed by atoms with Gasteiger partial charge in [-0.15, -0.1) is 0 Å². The average molecular weight is 507 g/mol. The Morgan fingerprint density at radius 2 is 1.84 bits per heavy atom. The lowest BCUT2D eigenvalue weighted by Crippen LogP contribution is -2.39. The second kappa shape index (κ2) is 9.68. The topological polar surface area (TPSA) is 94.0 Å². The summed E-state index contributed by atoms with van der Waals surface area (Å²) >= 11 is 0. The molecule has 0 N–H and O–H groups in total. The number of aromatic nitrogens is 2. The van der Waals surface area contributed by atoms with E-state index in [2.05, 4.69) is 5.10 Å². The SMILES string of the molecule is CCOC(=O)c1nn(-c2ccc(OC)c(F)c2)c2c1CCN(c1ccc(N3CCCC3=O)cc1C)C2=O. The normalized spacial score (nSPS) is 15.2. The number of aryl methyl sites for hydroxylation is 1. The van der Waals surface area contributed by atoms with Gasteiger partial charge in [0, 0.05) is 42.5 Å². The molecule has 192 valence electrons. The summed E-state index contributed by atoms with van der Waals surface area (Å²) in [6.07, 6.45) is 1.72. The van der Waals surface area contributed by atoms with E-state index in [9.17, 15) is 18.8 Å². The summed E-state index contributed by atoms with van der Waals surface area (Å²) in [6.45, 7) is 4.74. The number of benzene rings is 2. The number of halogens is 1. The fraction of sp³-hybridized carbons (Fsp3) is 0.333. The summed E-state index contributed by atoms with van der Waals surface area (Å²) in [5.74, 6) is -1.48. The molecule has 0 unspecified atom stereocenters. The van der Waals surface area contributed by atoms with E-state index >= 15 is 0 Å². The zero-order valence-corrected chi connectivity index (χ0v) is 20.9. The second-order valence-corrected chi connectivity index (χ2v) is 8.95. The van der Waals surface area contributed by atoms with Crippen LogP contribution in [-0.4, -0.2) is 54.4 Å². The van der Waals surface area contributed by atoms with Crippen LogP contribution in [0, 0.1) is 12.7 Å². The van der Waals surface area contributed by atoms with Crippen molar-refractivity contribution in [1.29, 1.82) is 0 Å². The number of carbonyl (C=O) groups is 3. The van der Waals surface area contributed by atoms with Crippen LogP contribution in [0.25, 0.3) is 5.69 Å². The van der Waals surface area contributed by atoms with Crippen molar-refractivity contribution in [1.82, 2.24) is 9.78 Å². The molecule has 0 atom stereocenters. The molecule has 1 aromatic heterocycles. The van der Waals surface area contributed by atoms with Crippen molar-refractivity contribution >= 4 is 29.2 Å². The highest BCUT2D eigenvalue weighted by Gasteiger charge is 2.36. The molecule has 1 saturated heterocycles. The Hall–Kier alpha value is -4.21. The van der Waals surface area contributed by atoms with Gasteiger partial charge in [0.25, 0.3) is 5.91 Å². The highest BCUT2D eigenvalue weighted by atomic mass is 19.1. The quantitative estimate of drug-likeness (QED) is 0.472. The molecule has 0 radical (unpaired) electrons. The van der Waals surface area contributed by atoms with Crippen molar-refractivity contribution < 1.29 is 28.2 Å². The van der Waals surface area contributed by atoms with Gasteiger partial charge >= 0.3 is 5.97 Å². The third-order valence-electron chi connectivity index (χ3n) is 6.72. The van der Waals surface area contributed by atoms with Gasteiger partial charge in [-0.3, -0.25) is 9.59 Å². The number of hydrogen-bond acceptors (Lipinski definition) is 6. The molecule has 2 aliphatic heterocycles. The van der Waals surface area contributed by atoms with Crippen LogP contribution >= 0.6 is 0 Å². The van der Waals surface area contributed by atoms with Crippen LogP contribution in [0.15, 0.2) is 36.4 Å². The van der Waals surface area contributed by atoms with E-state index in [1.54, 1.807) is 22.8 Å². The zero-order chi connectivity index (χ0) is 26.3. The summed E-state index contributed by atoms with van der Waals surface area (Å²) in [4.78, 5) is 42.1. The minimum Gasteiger partial charge on any atom is -0.494 e. The highest BCUT2D eigenvalue weighted by Crippen LogP contribution is 2.34. The molecule has 1 fully saturated rings. The van der Waals surface area contributed by atoms with Gasteiger partial charge in [0.1, 0.15) is 5.69 Å². The van der Waals surface area contributed by atoms with Crippen LogP contribution < -0.4 is 14.5 Å². The predicted octanol–water partition coefficient (Wildman–Crippen LogP) is 3.83. The van der Waals surface area contributed by atoms with Gasteiger partial charge in [0.05, 0.1) is 19.4 Å². The van der Waals surface area contributed by atoms with Crippen LogP contribution in [0.2, 0.25) is 0 Å². The Kier molecular flexibility index (Phi) is 6.41. The first kappa shape index (κ1) is 24.5. The molecule has 3 aromatic rings. The fourth-order valence-electron chi connectivity index (χ4n) is 4.96. The van der Waals surface area contributed by atoms with Crippen molar-refractivity contribution in [2.24, 2.45) is 0 Å². The Morgan fingerprint density at radius 3 is 2.49 bits per heavy atom. The number of esters is 1. The molecule has 9 nitrogen and oxygen atoms in total. The lowest BCUT2D eigenvalue weighted by atomic mass is 10.0. The van der Waals surface area contributed by atoms with Crippen molar-refractivity contribution in [3.05, 3.63) is 64.7 Å². The van der Waals surface area contributed by atoms with Gasteiger partial charge in [0.15, 0.2) is 17.3 Å². The van der Waals surface area contributed by atoms with Crippen LogP contribution in [0.1, 0.15) is 51.9 Å². The average Bonchev–Trinajstić information content (AvgIpc) is 3.49. The summed E-state index contributed by atoms with van der Waals surface area (Å²) in [5, 5.41) is 4.40. The second-order valence-electron chi connectivity index (χ2n) is 8.95. The highest BCUT2D eigenvalue weighted by molar-refractivity contribution is 6.09. The Bertz CT molecular complexity index is 1420. The number of nitrogens with zero attached hydrogens (tertiary/aromatic N) is 4. The van der Waals surface area contributed by atoms with Crippen LogP contribution in [0.4, 0.5) is 15.8 Å². The van der Waals surface area contributed by atoms with Crippen LogP contribution in [-0.2, 0) is 16.0 Å². The monoisotopic (exact) mass is 506 g/mol. The fourth-order valence-corrected chi connectivity index (χ4v) is 4.96. The molecule has 3 heterocycles. The van der Waals surface area contributed by atoms with Crippen molar-refractivity contribution in [2.75, 3.05) is 36.6 Å². The molecular formula is C27H27FN4O5. The van der Waals surface area contributed by atoms with Gasteiger partial charge in [-0.1, -0.05) is 0 Å². The van der Waals surface area contributed by atoms with Crippen molar-refractivity contribution in [2.45, 2.75) is 33.1 Å². The number of ether oxygens (including phenoxy) is 2. The van der Waals surface area contributed by atoms with Gasteiger partial charge < -0.3 is 19.3 Å². The molecule has 0 aliphatic carbocycles. The van der Waals surface area contributed by atoms with Crippen molar-refractivity contribution in [3.63, 3.8) is 0 Å². The summed E-state index contributed by atoms with van der Waals surface area (Å²) in [7, 11) is 1.36. The van der Waals surface area contributed by atoms with Gasteiger partial charge in [-0.2, -0.15) is 5.10 Å². The number of rotatable bonds is 6. The van der Waals surface area contributed by atoms with Crippen LogP contribution in [0.5, 0.6) is 5.75 Å². The lowest BCUT2D eigenvalue weighted by Gasteiger charge is -2.29. The van der Waals surface area contributed by atoms with Gasteiger partial charge in [0.2, 0.25) is 5.91 Å². The largest absolute Gasteiger partial charge is 0.494 e. The van der Waals surface area contributed by atoms with Gasteiger partial charge in [-0.25, -0.2) is 13.9 Å². The third kappa shape index (κ3) is 4.22. The van der Waals surface area contributed by atoms with Crippen LogP contribution in [0.3, 0.4) is 0 Å². The Morgan fingerprint density at radius 1 is 1.05 bits per heavy atom. The van der Waals surface area contributed by atoms with E-state index in [1.807, 2.05) is 25.1 Å². The Balaban J connectivity index is 1.57. The summed E-state index contributed by atoms with van der Waals surface area (Å²) in [5.41, 5.74) is 3.29. The minimum absolute atomic E-state index is 0.0423. The maximum Gasteiger partial charge on any atom is 0.359 e. The molecular weight excluding hydrogens is 479 g/mol. The summed E-state index contributed by atoms with van der Waals surface area (Å²) < 4.78 is 26.0. The molecule has 0 bridgehead atoms. The molecule has 37 heavy (non-hydrogen) atoms. The molecule has 5 rings (SSSR count). The number of methoxy groups -OCH3 is 1.